The molecule has 0 heterocycles. The zero-order valence-electron chi connectivity index (χ0n) is 9.53. The molecule has 0 aromatic rings. The quantitative estimate of drug-likeness (QED) is 0.674. The molecule has 15 heavy (non-hydrogen) atoms. The first kappa shape index (κ1) is 12.5. The Morgan fingerprint density at radius 3 is 2.73 bits per heavy atom. The van der Waals surface area contributed by atoms with E-state index in [-0.39, 0.29) is 6.04 Å². The molecule has 0 spiro atoms. The van der Waals surface area contributed by atoms with Crippen LogP contribution < -0.4 is 5.32 Å². The number of rotatable bonds is 7. The third-order valence-electron chi connectivity index (χ3n) is 3.01. The van der Waals surface area contributed by atoms with Crippen LogP contribution in [-0.2, 0) is 9.53 Å². The maximum atomic E-state index is 10.9. The van der Waals surface area contributed by atoms with Crippen molar-refractivity contribution < 1.29 is 14.6 Å². The molecular weight excluding hydrogens is 194 g/mol. The molecule has 1 saturated carbocycles. The van der Waals surface area contributed by atoms with Crippen molar-refractivity contribution in [2.45, 2.75) is 57.2 Å². The van der Waals surface area contributed by atoms with Crippen molar-refractivity contribution in [3.8, 4) is 0 Å². The number of ether oxygens (including phenoxy) is 1. The molecule has 1 atom stereocenters. The molecule has 0 aromatic carbocycles. The van der Waals surface area contributed by atoms with Crippen molar-refractivity contribution in [3.63, 3.8) is 0 Å². The Labute approximate surface area is 91.0 Å². The average molecular weight is 215 g/mol. The molecule has 0 unspecified atom stereocenters. The third kappa shape index (κ3) is 3.80. The summed E-state index contributed by atoms with van der Waals surface area (Å²) < 4.78 is 5.15. The van der Waals surface area contributed by atoms with Crippen molar-refractivity contribution in [3.05, 3.63) is 0 Å². The van der Waals surface area contributed by atoms with Crippen LogP contribution in [0.5, 0.6) is 0 Å². The molecule has 0 aliphatic heterocycles. The zero-order chi connectivity index (χ0) is 11.3. The van der Waals surface area contributed by atoms with Crippen LogP contribution in [0.25, 0.3) is 0 Å². The second-order valence-corrected chi connectivity index (χ2v) is 4.23. The number of nitrogens with one attached hydrogen (secondary N) is 1. The molecule has 4 heteroatoms. The smallest absolute Gasteiger partial charge is 0.320 e. The van der Waals surface area contributed by atoms with Crippen molar-refractivity contribution in [2.24, 2.45) is 0 Å². The highest BCUT2D eigenvalue weighted by molar-refractivity contribution is 5.73. The van der Waals surface area contributed by atoms with E-state index in [1.165, 1.54) is 0 Å². The molecule has 1 fully saturated rings. The van der Waals surface area contributed by atoms with Crippen LogP contribution >= 0.6 is 0 Å². The van der Waals surface area contributed by atoms with Gasteiger partial charge in [-0.25, -0.2) is 0 Å². The Morgan fingerprint density at radius 2 is 2.27 bits per heavy atom. The van der Waals surface area contributed by atoms with Gasteiger partial charge >= 0.3 is 5.97 Å². The van der Waals surface area contributed by atoms with Gasteiger partial charge in [0.25, 0.3) is 0 Å². The molecule has 88 valence electrons. The van der Waals surface area contributed by atoms with Crippen LogP contribution in [-0.4, -0.2) is 36.4 Å². The second kappa shape index (κ2) is 6.08. The third-order valence-corrected chi connectivity index (χ3v) is 3.01. The number of carboxylic acids is 1. The van der Waals surface area contributed by atoms with Gasteiger partial charge in [-0.1, -0.05) is 19.8 Å². The first-order valence-corrected chi connectivity index (χ1v) is 5.69. The van der Waals surface area contributed by atoms with Gasteiger partial charge in [0, 0.05) is 13.2 Å². The molecule has 0 radical (unpaired) electrons. The van der Waals surface area contributed by atoms with Crippen molar-refractivity contribution in [2.75, 3.05) is 7.11 Å². The molecule has 0 bridgehead atoms. The van der Waals surface area contributed by atoms with E-state index in [0.717, 1.165) is 32.1 Å². The van der Waals surface area contributed by atoms with Gasteiger partial charge < -0.3 is 15.2 Å². The van der Waals surface area contributed by atoms with Gasteiger partial charge in [-0.05, 0) is 19.3 Å². The zero-order valence-corrected chi connectivity index (χ0v) is 9.53. The van der Waals surface area contributed by atoms with E-state index in [4.69, 9.17) is 9.84 Å². The van der Waals surface area contributed by atoms with Gasteiger partial charge in [-0.15, -0.1) is 0 Å². The van der Waals surface area contributed by atoms with E-state index in [1.807, 2.05) is 0 Å². The van der Waals surface area contributed by atoms with Crippen LogP contribution in [0.3, 0.4) is 0 Å². The van der Waals surface area contributed by atoms with Gasteiger partial charge in [0.1, 0.15) is 6.04 Å². The Bertz CT molecular complexity index is 202. The lowest BCUT2D eigenvalue weighted by atomic mass is 9.88. The lowest BCUT2D eigenvalue weighted by Gasteiger charge is -2.36. The summed E-state index contributed by atoms with van der Waals surface area (Å²) in [6, 6.07) is -0.0549. The first-order valence-electron chi connectivity index (χ1n) is 5.69. The molecular formula is C11H21NO3. The van der Waals surface area contributed by atoms with Gasteiger partial charge in [0.2, 0.25) is 0 Å². The summed E-state index contributed by atoms with van der Waals surface area (Å²) in [6.07, 6.45) is 4.92. The van der Waals surface area contributed by atoms with E-state index in [0.29, 0.717) is 12.1 Å². The van der Waals surface area contributed by atoms with Gasteiger partial charge in [-0.3, -0.25) is 4.79 Å². The maximum Gasteiger partial charge on any atom is 0.320 e. The molecule has 1 aliphatic carbocycles. The summed E-state index contributed by atoms with van der Waals surface area (Å²) in [7, 11) is 1.70. The lowest BCUT2D eigenvalue weighted by molar-refractivity contribution is -0.140. The largest absolute Gasteiger partial charge is 0.480 e. The summed E-state index contributed by atoms with van der Waals surface area (Å²) in [5.74, 6) is -0.732. The fourth-order valence-corrected chi connectivity index (χ4v) is 1.87. The summed E-state index contributed by atoms with van der Waals surface area (Å²) in [4.78, 5) is 10.9. The number of methoxy groups -OCH3 is 1. The van der Waals surface area contributed by atoms with Crippen LogP contribution in [0.4, 0.5) is 0 Å². The molecule has 0 saturated heterocycles. The minimum Gasteiger partial charge on any atom is -0.480 e. The summed E-state index contributed by atoms with van der Waals surface area (Å²) in [5, 5.41) is 12.2. The molecule has 4 nitrogen and oxygen atoms in total. The summed E-state index contributed by atoms with van der Waals surface area (Å²) in [5.41, 5.74) is 0. The van der Waals surface area contributed by atoms with Crippen molar-refractivity contribution in [1.82, 2.24) is 5.32 Å². The molecule has 0 aromatic heterocycles. The fourth-order valence-electron chi connectivity index (χ4n) is 1.87. The minimum atomic E-state index is -0.732. The highest BCUT2D eigenvalue weighted by Gasteiger charge is 2.32. The van der Waals surface area contributed by atoms with E-state index in [1.54, 1.807) is 7.11 Å². The number of carboxylic acid groups (broad SMARTS) is 1. The van der Waals surface area contributed by atoms with Crippen LogP contribution in [0, 0.1) is 0 Å². The van der Waals surface area contributed by atoms with Crippen LogP contribution in [0.2, 0.25) is 0 Å². The molecule has 0 amide bonds. The minimum absolute atomic E-state index is 0.322. The van der Waals surface area contributed by atoms with E-state index >= 15 is 0 Å². The average Bonchev–Trinajstić information content (AvgIpc) is 2.14. The van der Waals surface area contributed by atoms with Gasteiger partial charge in [-0.2, -0.15) is 0 Å². The Hall–Kier alpha value is -0.610. The topological polar surface area (TPSA) is 58.6 Å². The van der Waals surface area contributed by atoms with Crippen molar-refractivity contribution in [1.29, 1.82) is 0 Å². The Morgan fingerprint density at radius 1 is 1.60 bits per heavy atom. The molecule has 2 N–H and O–H groups in total. The van der Waals surface area contributed by atoms with E-state index in [9.17, 15) is 4.79 Å². The number of aliphatic carboxylic acids is 1. The van der Waals surface area contributed by atoms with Crippen LogP contribution in [0.1, 0.15) is 39.0 Å². The Balaban J connectivity index is 2.23. The summed E-state index contributed by atoms with van der Waals surface area (Å²) >= 11 is 0. The van der Waals surface area contributed by atoms with E-state index in [2.05, 4.69) is 12.2 Å². The predicted octanol–water partition coefficient (Wildman–Crippen LogP) is 1.40. The van der Waals surface area contributed by atoms with Crippen LogP contribution in [0.15, 0.2) is 0 Å². The normalized spacial score (nSPS) is 27.1. The molecule has 1 aliphatic rings. The monoisotopic (exact) mass is 215 g/mol. The second-order valence-electron chi connectivity index (χ2n) is 4.23. The van der Waals surface area contributed by atoms with Gasteiger partial charge in [0.15, 0.2) is 0 Å². The lowest BCUT2D eigenvalue weighted by Crippen LogP contribution is -2.51. The highest BCUT2D eigenvalue weighted by atomic mass is 16.5. The number of unbranched alkanes of at least 4 members (excludes halogenated alkanes) is 1. The molecule has 1 rings (SSSR count). The SMILES string of the molecule is CCCC[C@H](NC1CC(OC)C1)C(=O)O. The summed E-state index contributed by atoms with van der Waals surface area (Å²) in [6.45, 7) is 2.07. The van der Waals surface area contributed by atoms with E-state index < -0.39 is 5.97 Å². The fraction of sp³-hybridized carbons (Fsp3) is 0.909. The van der Waals surface area contributed by atoms with Crippen molar-refractivity contribution >= 4 is 5.97 Å². The van der Waals surface area contributed by atoms with Gasteiger partial charge in [0.05, 0.1) is 6.10 Å². The highest BCUT2D eigenvalue weighted by Crippen LogP contribution is 2.23. The maximum absolute atomic E-state index is 10.9. The Kier molecular flexibility index (Phi) is 5.05. The standard InChI is InChI=1S/C11H21NO3/c1-3-4-5-10(11(13)14)12-8-6-9(7-8)15-2/h8-10,12H,3-7H2,1-2H3,(H,13,14)/t8?,9?,10-/m0/s1. The predicted molar refractivity (Wildman–Crippen MR) is 57.9 cm³/mol. The number of hydrogen-bond donors (Lipinski definition) is 2. The number of hydrogen-bond acceptors (Lipinski definition) is 3. The first-order chi connectivity index (χ1) is 7.17. The number of carbonyl (C=O) groups is 1.